The zero-order valence-corrected chi connectivity index (χ0v) is 16.7. The van der Waals surface area contributed by atoms with Crippen LogP contribution >= 0.6 is 11.3 Å². The minimum absolute atomic E-state index is 0.0485. The minimum atomic E-state index is -0.0485. The van der Waals surface area contributed by atoms with Crippen molar-refractivity contribution in [2.24, 2.45) is 0 Å². The first-order valence-corrected chi connectivity index (χ1v) is 10.3. The molecule has 0 spiro atoms. The molecule has 2 aromatic rings. The molecule has 0 saturated heterocycles. The van der Waals surface area contributed by atoms with Crippen LogP contribution in [0.3, 0.4) is 0 Å². The van der Waals surface area contributed by atoms with Crippen molar-refractivity contribution in [3.05, 3.63) is 38.6 Å². The second-order valence-corrected chi connectivity index (χ2v) is 8.04. The van der Waals surface area contributed by atoms with Gasteiger partial charge in [0.15, 0.2) is 5.78 Å². The Hall–Kier alpha value is -1.95. The monoisotopic (exact) mass is 373 g/mol. The molecule has 1 amide bonds. The molecule has 3 rings (SSSR count). The molecule has 0 fully saturated rings. The van der Waals surface area contributed by atoms with E-state index >= 15 is 0 Å². The van der Waals surface area contributed by atoms with Crippen LogP contribution in [-0.4, -0.2) is 21.2 Å². The van der Waals surface area contributed by atoms with Gasteiger partial charge < -0.3 is 9.88 Å². The molecule has 26 heavy (non-hydrogen) atoms. The molecule has 1 aliphatic carbocycles. The first-order chi connectivity index (χ1) is 12.5. The lowest BCUT2D eigenvalue weighted by atomic mass is 9.92. The van der Waals surface area contributed by atoms with E-state index in [0.29, 0.717) is 13.0 Å². The standard InChI is InChI=1S/C20H27N3O2S/c1-4-5-9-23-13(2)16(20-17(23)7-6-8-18(20)24)10-19(25)21-11-15-12-26-14(3)22-15/h12H,4-11H2,1-3H3,(H,21,25). The van der Waals surface area contributed by atoms with Crippen LogP contribution in [0.5, 0.6) is 0 Å². The van der Waals surface area contributed by atoms with Crippen LogP contribution in [0.2, 0.25) is 0 Å². The highest BCUT2D eigenvalue weighted by Crippen LogP contribution is 2.30. The predicted molar refractivity (Wildman–Crippen MR) is 104 cm³/mol. The summed E-state index contributed by atoms with van der Waals surface area (Å²) in [6, 6.07) is 0. The van der Waals surface area contributed by atoms with Gasteiger partial charge in [-0.1, -0.05) is 13.3 Å². The molecule has 6 heteroatoms. The van der Waals surface area contributed by atoms with Crippen molar-refractivity contribution in [3.63, 3.8) is 0 Å². The molecule has 0 unspecified atom stereocenters. The summed E-state index contributed by atoms with van der Waals surface area (Å²) < 4.78 is 2.28. The maximum absolute atomic E-state index is 12.6. The first kappa shape index (κ1) is 18.8. The second kappa shape index (κ2) is 8.16. The fraction of sp³-hybridized carbons (Fsp3) is 0.550. The Bertz CT molecular complexity index is 819. The zero-order valence-electron chi connectivity index (χ0n) is 15.9. The third-order valence-electron chi connectivity index (χ3n) is 5.06. The minimum Gasteiger partial charge on any atom is -0.350 e. The van der Waals surface area contributed by atoms with Gasteiger partial charge in [-0.3, -0.25) is 9.59 Å². The van der Waals surface area contributed by atoms with Crippen LogP contribution < -0.4 is 5.32 Å². The largest absolute Gasteiger partial charge is 0.350 e. The van der Waals surface area contributed by atoms with Gasteiger partial charge in [-0.25, -0.2) is 4.98 Å². The number of nitrogens with zero attached hydrogens (tertiary/aromatic N) is 2. The molecule has 0 radical (unpaired) electrons. The first-order valence-electron chi connectivity index (χ1n) is 9.43. The number of ketones is 1. The van der Waals surface area contributed by atoms with E-state index in [0.717, 1.165) is 65.4 Å². The highest BCUT2D eigenvalue weighted by Gasteiger charge is 2.28. The smallest absolute Gasteiger partial charge is 0.224 e. The molecule has 2 aromatic heterocycles. The zero-order chi connectivity index (χ0) is 18.7. The van der Waals surface area contributed by atoms with Gasteiger partial charge in [-0.05, 0) is 38.7 Å². The van der Waals surface area contributed by atoms with Crippen LogP contribution in [0.15, 0.2) is 5.38 Å². The number of thiazole rings is 1. The summed E-state index contributed by atoms with van der Waals surface area (Å²) in [4.78, 5) is 29.4. The number of carbonyl (C=O) groups is 2. The van der Waals surface area contributed by atoms with E-state index < -0.39 is 0 Å². The number of Topliss-reactive ketones (excluding diaryl/α,β-unsaturated/α-hetero) is 1. The van der Waals surface area contributed by atoms with Gasteiger partial charge >= 0.3 is 0 Å². The molecule has 2 heterocycles. The number of hydrogen-bond acceptors (Lipinski definition) is 4. The van der Waals surface area contributed by atoms with Crippen molar-refractivity contribution in [3.8, 4) is 0 Å². The van der Waals surface area contributed by atoms with Crippen LogP contribution in [0, 0.1) is 13.8 Å². The van der Waals surface area contributed by atoms with Gasteiger partial charge in [0.2, 0.25) is 5.91 Å². The number of fused-ring (bicyclic) bond motifs is 1. The summed E-state index contributed by atoms with van der Waals surface area (Å²) in [5.41, 5.74) is 4.86. The molecule has 0 atom stereocenters. The van der Waals surface area contributed by atoms with Gasteiger partial charge in [0.05, 0.1) is 23.7 Å². The lowest BCUT2D eigenvalue weighted by molar-refractivity contribution is -0.120. The van der Waals surface area contributed by atoms with Gasteiger partial charge in [-0.15, -0.1) is 11.3 Å². The van der Waals surface area contributed by atoms with Crippen molar-refractivity contribution in [2.45, 2.75) is 72.4 Å². The molecule has 0 saturated carbocycles. The SMILES string of the molecule is CCCCn1c(C)c(CC(=O)NCc2csc(C)n2)c2c1CCCC2=O. The highest BCUT2D eigenvalue weighted by atomic mass is 32.1. The summed E-state index contributed by atoms with van der Waals surface area (Å²) in [5.74, 6) is 0.148. The Morgan fingerprint density at radius 2 is 2.15 bits per heavy atom. The Morgan fingerprint density at radius 3 is 2.85 bits per heavy atom. The molecule has 140 valence electrons. The maximum atomic E-state index is 12.6. The van der Waals surface area contributed by atoms with Gasteiger partial charge in [0, 0.05) is 35.3 Å². The average Bonchev–Trinajstić information content (AvgIpc) is 3.14. The molecule has 0 bridgehead atoms. The number of aryl methyl sites for hydroxylation is 1. The number of nitrogens with one attached hydrogen (secondary N) is 1. The quantitative estimate of drug-likeness (QED) is 0.804. The Kier molecular flexibility index (Phi) is 5.91. The molecule has 0 aromatic carbocycles. The summed E-state index contributed by atoms with van der Waals surface area (Å²) in [5, 5.41) is 5.91. The number of hydrogen-bond donors (Lipinski definition) is 1. The van der Waals surface area contributed by atoms with Crippen LogP contribution in [0.4, 0.5) is 0 Å². The van der Waals surface area contributed by atoms with Crippen LogP contribution in [-0.2, 0) is 30.7 Å². The van der Waals surface area contributed by atoms with Crippen molar-refractivity contribution < 1.29 is 9.59 Å². The molecule has 5 nitrogen and oxygen atoms in total. The van der Waals surface area contributed by atoms with E-state index in [9.17, 15) is 9.59 Å². The third-order valence-corrected chi connectivity index (χ3v) is 5.88. The van der Waals surface area contributed by atoms with Gasteiger partial charge in [0.25, 0.3) is 0 Å². The second-order valence-electron chi connectivity index (χ2n) is 6.98. The molecule has 0 aliphatic heterocycles. The fourth-order valence-corrected chi connectivity index (χ4v) is 4.34. The van der Waals surface area contributed by atoms with E-state index in [2.05, 4.69) is 21.8 Å². The van der Waals surface area contributed by atoms with Gasteiger partial charge in [-0.2, -0.15) is 0 Å². The molecule has 1 N–H and O–H groups in total. The summed E-state index contributed by atoms with van der Waals surface area (Å²) in [6.07, 6.45) is 4.91. The molecular weight excluding hydrogens is 346 g/mol. The number of aromatic nitrogens is 2. The van der Waals surface area contributed by atoms with E-state index in [1.54, 1.807) is 11.3 Å². The van der Waals surface area contributed by atoms with E-state index in [4.69, 9.17) is 0 Å². The topological polar surface area (TPSA) is 64.0 Å². The third kappa shape index (κ3) is 3.90. The Morgan fingerprint density at radius 1 is 1.35 bits per heavy atom. The number of amides is 1. The number of carbonyl (C=O) groups excluding carboxylic acids is 2. The highest BCUT2D eigenvalue weighted by molar-refractivity contribution is 7.09. The molecular formula is C20H27N3O2S. The van der Waals surface area contributed by atoms with Crippen molar-refractivity contribution in [1.29, 1.82) is 0 Å². The Balaban J connectivity index is 1.78. The number of rotatable bonds is 7. The van der Waals surface area contributed by atoms with E-state index in [-0.39, 0.29) is 18.1 Å². The molecule has 1 aliphatic rings. The van der Waals surface area contributed by atoms with Crippen molar-refractivity contribution in [1.82, 2.24) is 14.9 Å². The number of unbranched alkanes of at least 4 members (excludes halogenated alkanes) is 1. The predicted octanol–water partition coefficient (Wildman–Crippen LogP) is 3.74. The van der Waals surface area contributed by atoms with E-state index in [1.807, 2.05) is 19.2 Å². The summed E-state index contributed by atoms with van der Waals surface area (Å²) >= 11 is 1.58. The van der Waals surface area contributed by atoms with Crippen molar-refractivity contribution in [2.75, 3.05) is 0 Å². The summed E-state index contributed by atoms with van der Waals surface area (Å²) in [7, 11) is 0. The van der Waals surface area contributed by atoms with Crippen LogP contribution in [0.25, 0.3) is 0 Å². The van der Waals surface area contributed by atoms with Gasteiger partial charge in [0.1, 0.15) is 0 Å². The van der Waals surface area contributed by atoms with E-state index in [1.165, 1.54) is 0 Å². The average molecular weight is 374 g/mol. The maximum Gasteiger partial charge on any atom is 0.224 e. The fourth-order valence-electron chi connectivity index (χ4n) is 3.72. The summed E-state index contributed by atoms with van der Waals surface area (Å²) in [6.45, 7) is 7.54. The lowest BCUT2D eigenvalue weighted by Gasteiger charge is -2.15. The van der Waals surface area contributed by atoms with Crippen LogP contribution in [0.1, 0.15) is 70.6 Å². The van der Waals surface area contributed by atoms with Crippen molar-refractivity contribution >= 4 is 23.0 Å². The lowest BCUT2D eigenvalue weighted by Crippen LogP contribution is -2.25. The normalized spacial score (nSPS) is 13.7. The Labute approximate surface area is 158 Å².